The van der Waals surface area contributed by atoms with Gasteiger partial charge in [0.25, 0.3) is 0 Å². The van der Waals surface area contributed by atoms with Crippen molar-refractivity contribution in [3.63, 3.8) is 0 Å². The highest BCUT2D eigenvalue weighted by atomic mass is 15.1. The van der Waals surface area contributed by atoms with E-state index in [0.29, 0.717) is 0 Å². The van der Waals surface area contributed by atoms with Crippen molar-refractivity contribution in [1.82, 2.24) is 14.9 Å². The van der Waals surface area contributed by atoms with Gasteiger partial charge in [-0.15, -0.1) is 0 Å². The van der Waals surface area contributed by atoms with Crippen molar-refractivity contribution in [3.8, 4) is 0 Å². The van der Waals surface area contributed by atoms with Crippen LogP contribution in [0, 0.1) is 0 Å². The molecular formula is C16H30N4. The van der Waals surface area contributed by atoms with Gasteiger partial charge >= 0.3 is 0 Å². The molecule has 0 spiro atoms. The highest BCUT2D eigenvalue weighted by molar-refractivity contribution is 5.37. The first kappa shape index (κ1) is 16.9. The summed E-state index contributed by atoms with van der Waals surface area (Å²) in [6, 6.07) is 2.07. The Morgan fingerprint density at radius 2 is 1.75 bits per heavy atom. The van der Waals surface area contributed by atoms with Crippen LogP contribution in [-0.2, 0) is 11.8 Å². The van der Waals surface area contributed by atoms with E-state index in [1.54, 1.807) is 0 Å². The van der Waals surface area contributed by atoms with Crippen molar-refractivity contribution in [2.75, 3.05) is 31.5 Å². The Balaban J connectivity index is 2.91. The summed E-state index contributed by atoms with van der Waals surface area (Å²) in [6.07, 6.45) is 0.907. The van der Waals surface area contributed by atoms with E-state index in [1.165, 1.54) is 0 Å². The normalized spacial score (nSPS) is 11.9. The molecule has 0 saturated heterocycles. The molecule has 0 bridgehead atoms. The van der Waals surface area contributed by atoms with E-state index in [0.717, 1.165) is 49.9 Å². The number of aromatic nitrogens is 2. The maximum absolute atomic E-state index is 4.75. The Kier molecular flexibility index (Phi) is 6.40. The molecule has 1 aromatic heterocycles. The maximum Gasteiger partial charge on any atom is 0.132 e. The van der Waals surface area contributed by atoms with Crippen molar-refractivity contribution in [2.24, 2.45) is 0 Å². The highest BCUT2D eigenvalue weighted by Gasteiger charge is 2.18. The first-order valence-electron chi connectivity index (χ1n) is 7.75. The summed E-state index contributed by atoms with van der Waals surface area (Å²) in [4.78, 5) is 11.8. The molecule has 0 saturated carbocycles. The van der Waals surface area contributed by atoms with E-state index in [-0.39, 0.29) is 5.41 Å². The average Bonchev–Trinajstić information content (AvgIpc) is 2.39. The van der Waals surface area contributed by atoms with Crippen LogP contribution in [0.4, 0.5) is 5.82 Å². The molecule has 0 amide bonds. The standard InChI is InChI=1S/C16H30N4/c1-7-17-15-12-13(16(4,5)6)18-14(19-15)10-11-20(8-2)9-3/h12H,7-11H2,1-6H3,(H,17,18,19). The van der Waals surface area contributed by atoms with Gasteiger partial charge in [0.1, 0.15) is 11.6 Å². The van der Waals surface area contributed by atoms with Gasteiger partial charge < -0.3 is 10.2 Å². The molecule has 0 atom stereocenters. The van der Waals surface area contributed by atoms with Crippen molar-refractivity contribution in [1.29, 1.82) is 0 Å². The number of hydrogen-bond donors (Lipinski definition) is 1. The summed E-state index contributed by atoms with van der Waals surface area (Å²) in [5.74, 6) is 1.89. The van der Waals surface area contributed by atoms with E-state index < -0.39 is 0 Å². The van der Waals surface area contributed by atoms with Crippen LogP contribution in [0.5, 0.6) is 0 Å². The molecule has 1 N–H and O–H groups in total. The van der Waals surface area contributed by atoms with Crippen molar-refractivity contribution in [3.05, 3.63) is 17.6 Å². The summed E-state index contributed by atoms with van der Waals surface area (Å²) >= 11 is 0. The van der Waals surface area contributed by atoms with Crippen LogP contribution in [0.15, 0.2) is 6.07 Å². The van der Waals surface area contributed by atoms with Gasteiger partial charge in [-0.05, 0) is 20.0 Å². The minimum Gasteiger partial charge on any atom is -0.370 e. The molecule has 1 heterocycles. The topological polar surface area (TPSA) is 41.1 Å². The zero-order chi connectivity index (χ0) is 15.2. The Labute approximate surface area is 124 Å². The monoisotopic (exact) mass is 278 g/mol. The van der Waals surface area contributed by atoms with Crippen LogP contribution >= 0.6 is 0 Å². The first-order valence-corrected chi connectivity index (χ1v) is 7.75. The van der Waals surface area contributed by atoms with Crippen LogP contribution in [0.25, 0.3) is 0 Å². The molecule has 20 heavy (non-hydrogen) atoms. The molecule has 0 aliphatic carbocycles. The van der Waals surface area contributed by atoms with Gasteiger partial charge in [0.05, 0.1) is 5.69 Å². The molecule has 4 heteroatoms. The fourth-order valence-electron chi connectivity index (χ4n) is 2.06. The third kappa shape index (κ3) is 5.08. The van der Waals surface area contributed by atoms with Crippen molar-refractivity contribution < 1.29 is 0 Å². The van der Waals surface area contributed by atoms with Gasteiger partial charge in [0.15, 0.2) is 0 Å². The lowest BCUT2D eigenvalue weighted by atomic mass is 9.92. The molecule has 0 aliphatic heterocycles. The van der Waals surface area contributed by atoms with Crippen LogP contribution in [-0.4, -0.2) is 41.0 Å². The van der Waals surface area contributed by atoms with Gasteiger partial charge in [0, 0.05) is 31.0 Å². The molecule has 0 aliphatic rings. The van der Waals surface area contributed by atoms with Crippen molar-refractivity contribution in [2.45, 2.75) is 53.4 Å². The first-order chi connectivity index (χ1) is 9.40. The second-order valence-corrected chi connectivity index (χ2v) is 6.11. The molecule has 0 aromatic carbocycles. The summed E-state index contributed by atoms with van der Waals surface area (Å²) in [5, 5.41) is 3.31. The number of hydrogen-bond acceptors (Lipinski definition) is 4. The number of rotatable bonds is 7. The van der Waals surface area contributed by atoms with Crippen molar-refractivity contribution >= 4 is 5.82 Å². The summed E-state index contributed by atoms with van der Waals surface area (Å²) in [7, 11) is 0. The molecule has 0 fully saturated rings. The van der Waals surface area contributed by atoms with Gasteiger partial charge in [-0.1, -0.05) is 34.6 Å². The maximum atomic E-state index is 4.75. The Morgan fingerprint density at radius 1 is 1.10 bits per heavy atom. The predicted octanol–water partition coefficient (Wildman–Crippen LogP) is 3.09. The van der Waals surface area contributed by atoms with E-state index in [4.69, 9.17) is 4.98 Å². The number of anilines is 1. The van der Waals surface area contributed by atoms with Crippen LogP contribution in [0.1, 0.15) is 53.1 Å². The smallest absolute Gasteiger partial charge is 0.132 e. The molecular weight excluding hydrogens is 248 g/mol. The van der Waals surface area contributed by atoms with Crippen LogP contribution in [0.2, 0.25) is 0 Å². The Morgan fingerprint density at radius 3 is 2.25 bits per heavy atom. The molecule has 1 rings (SSSR count). The second kappa shape index (κ2) is 7.58. The minimum atomic E-state index is 0.0526. The molecule has 4 nitrogen and oxygen atoms in total. The van der Waals surface area contributed by atoms with Gasteiger partial charge in [0.2, 0.25) is 0 Å². The van der Waals surface area contributed by atoms with Gasteiger partial charge in [-0.3, -0.25) is 0 Å². The third-order valence-electron chi connectivity index (χ3n) is 3.44. The minimum absolute atomic E-state index is 0.0526. The highest BCUT2D eigenvalue weighted by Crippen LogP contribution is 2.22. The molecule has 0 radical (unpaired) electrons. The summed E-state index contributed by atoms with van der Waals surface area (Å²) in [5.41, 5.74) is 1.16. The van der Waals surface area contributed by atoms with E-state index >= 15 is 0 Å². The lowest BCUT2D eigenvalue weighted by Gasteiger charge is -2.21. The average molecular weight is 278 g/mol. The quantitative estimate of drug-likeness (QED) is 0.832. The van der Waals surface area contributed by atoms with Gasteiger partial charge in [-0.25, -0.2) is 9.97 Å². The lowest BCUT2D eigenvalue weighted by Crippen LogP contribution is -2.26. The summed E-state index contributed by atoms with van der Waals surface area (Å²) in [6.45, 7) is 17.1. The largest absolute Gasteiger partial charge is 0.370 e. The number of nitrogens with one attached hydrogen (secondary N) is 1. The fraction of sp³-hybridized carbons (Fsp3) is 0.750. The predicted molar refractivity (Wildman–Crippen MR) is 86.4 cm³/mol. The van der Waals surface area contributed by atoms with E-state index in [9.17, 15) is 0 Å². The number of likely N-dealkylation sites (N-methyl/N-ethyl adjacent to an activating group) is 1. The zero-order valence-corrected chi connectivity index (χ0v) is 14.0. The Hall–Kier alpha value is -1.16. The van der Waals surface area contributed by atoms with Crippen LogP contribution < -0.4 is 5.32 Å². The molecule has 1 aromatic rings. The lowest BCUT2D eigenvalue weighted by molar-refractivity contribution is 0.305. The Bertz CT molecular complexity index is 405. The number of nitrogens with zero attached hydrogens (tertiary/aromatic N) is 3. The zero-order valence-electron chi connectivity index (χ0n) is 14.0. The molecule has 0 unspecified atom stereocenters. The second-order valence-electron chi connectivity index (χ2n) is 6.11. The van der Waals surface area contributed by atoms with E-state index in [2.05, 4.69) is 62.8 Å². The van der Waals surface area contributed by atoms with Gasteiger partial charge in [-0.2, -0.15) is 0 Å². The SMILES string of the molecule is CCNc1cc(C(C)(C)C)nc(CCN(CC)CC)n1. The van der Waals surface area contributed by atoms with E-state index in [1.807, 2.05) is 0 Å². The fourth-order valence-corrected chi connectivity index (χ4v) is 2.06. The molecule has 114 valence electrons. The van der Waals surface area contributed by atoms with Crippen LogP contribution in [0.3, 0.4) is 0 Å². The third-order valence-corrected chi connectivity index (χ3v) is 3.44. The summed E-state index contributed by atoms with van der Waals surface area (Å²) < 4.78 is 0.